The zero-order valence-electron chi connectivity index (χ0n) is 12.5. The number of fused-ring (bicyclic) bond motifs is 1. The minimum absolute atomic E-state index is 0.168. The summed E-state index contributed by atoms with van der Waals surface area (Å²) in [5, 5.41) is 4.79. The highest BCUT2D eigenvalue weighted by Crippen LogP contribution is 2.15. The predicted molar refractivity (Wildman–Crippen MR) is 91.1 cm³/mol. The lowest BCUT2D eigenvalue weighted by Gasteiger charge is -2.16. The molecule has 0 saturated heterocycles. The lowest BCUT2D eigenvalue weighted by molar-refractivity contribution is 0.874. The Morgan fingerprint density at radius 2 is 2.09 bits per heavy atom. The number of rotatable bonds is 5. The lowest BCUT2D eigenvalue weighted by atomic mass is 10.3. The van der Waals surface area contributed by atoms with Gasteiger partial charge in [0.1, 0.15) is 5.39 Å². The summed E-state index contributed by atoms with van der Waals surface area (Å²) >= 11 is 1.76. The second-order valence-corrected chi connectivity index (χ2v) is 5.92. The maximum Gasteiger partial charge on any atom is 0.263 e. The molecule has 2 aromatic heterocycles. The Hall–Kier alpha value is -2.28. The highest BCUT2D eigenvalue weighted by Gasteiger charge is 2.13. The molecule has 114 valence electrons. The molecule has 7 heteroatoms. The van der Waals surface area contributed by atoms with Crippen LogP contribution in [0.25, 0.3) is 16.7 Å². The number of hydrogen-bond acceptors (Lipinski definition) is 5. The first-order chi connectivity index (χ1) is 10.7. The highest BCUT2D eigenvalue weighted by molar-refractivity contribution is 7.98. The Morgan fingerprint density at radius 3 is 2.82 bits per heavy atom. The van der Waals surface area contributed by atoms with Crippen molar-refractivity contribution in [3.63, 3.8) is 0 Å². The van der Waals surface area contributed by atoms with Crippen LogP contribution >= 0.6 is 11.8 Å². The van der Waals surface area contributed by atoms with Crippen LogP contribution in [0.4, 0.5) is 5.95 Å². The Morgan fingerprint density at radius 1 is 1.32 bits per heavy atom. The summed E-state index contributed by atoms with van der Waals surface area (Å²) in [6.45, 7) is 0.815. The molecule has 3 aromatic rings. The number of para-hydroxylation sites is 1. The topological polar surface area (TPSA) is 66.8 Å². The van der Waals surface area contributed by atoms with Crippen molar-refractivity contribution >= 4 is 28.7 Å². The van der Waals surface area contributed by atoms with Gasteiger partial charge in [0, 0.05) is 19.3 Å². The van der Waals surface area contributed by atoms with E-state index in [0.29, 0.717) is 17.0 Å². The Balaban J connectivity index is 2.10. The smallest absolute Gasteiger partial charge is 0.263 e. The molecule has 3 rings (SSSR count). The third-order valence-electron chi connectivity index (χ3n) is 3.42. The SMILES string of the molecule is CSCCN(C)c1nc2c(cnn2-c2ccccc2)c(=O)[nH]1. The van der Waals surface area contributed by atoms with E-state index in [1.807, 2.05) is 42.3 Å². The van der Waals surface area contributed by atoms with Crippen LogP contribution < -0.4 is 10.5 Å². The summed E-state index contributed by atoms with van der Waals surface area (Å²) in [7, 11) is 1.92. The van der Waals surface area contributed by atoms with Crippen LogP contribution in [0.1, 0.15) is 0 Å². The number of hydrogen-bond donors (Lipinski definition) is 1. The normalized spacial score (nSPS) is 11.0. The van der Waals surface area contributed by atoms with Gasteiger partial charge in [-0.25, -0.2) is 4.68 Å². The molecule has 2 heterocycles. The van der Waals surface area contributed by atoms with Crippen molar-refractivity contribution in [2.24, 2.45) is 0 Å². The van der Waals surface area contributed by atoms with E-state index in [9.17, 15) is 4.79 Å². The predicted octanol–water partition coefficient (Wildman–Crippen LogP) is 1.91. The average Bonchev–Trinajstić information content (AvgIpc) is 2.98. The third-order valence-corrected chi connectivity index (χ3v) is 4.01. The monoisotopic (exact) mass is 315 g/mol. The lowest BCUT2D eigenvalue weighted by Crippen LogP contribution is -2.25. The highest BCUT2D eigenvalue weighted by atomic mass is 32.2. The third kappa shape index (κ3) is 2.71. The number of thioether (sulfide) groups is 1. The van der Waals surface area contributed by atoms with Gasteiger partial charge >= 0.3 is 0 Å². The van der Waals surface area contributed by atoms with Gasteiger partial charge in [-0.1, -0.05) is 18.2 Å². The molecule has 0 atom stereocenters. The number of anilines is 1. The van der Waals surface area contributed by atoms with E-state index in [2.05, 4.69) is 21.3 Å². The second-order valence-electron chi connectivity index (χ2n) is 4.93. The van der Waals surface area contributed by atoms with Crippen LogP contribution in [-0.4, -0.2) is 45.3 Å². The van der Waals surface area contributed by atoms with Gasteiger partial charge in [-0.15, -0.1) is 0 Å². The van der Waals surface area contributed by atoms with Gasteiger partial charge in [0.25, 0.3) is 5.56 Å². The molecule has 0 fully saturated rings. The Bertz CT molecular complexity index is 827. The van der Waals surface area contributed by atoms with Gasteiger partial charge in [0.15, 0.2) is 5.65 Å². The molecule has 0 spiro atoms. The van der Waals surface area contributed by atoms with Crippen molar-refractivity contribution < 1.29 is 0 Å². The minimum Gasteiger partial charge on any atom is -0.345 e. The van der Waals surface area contributed by atoms with Gasteiger partial charge in [0.05, 0.1) is 11.9 Å². The maximum atomic E-state index is 12.2. The van der Waals surface area contributed by atoms with Crippen molar-refractivity contribution in [1.82, 2.24) is 19.7 Å². The average molecular weight is 315 g/mol. The number of nitrogens with zero attached hydrogens (tertiary/aromatic N) is 4. The van der Waals surface area contributed by atoms with E-state index < -0.39 is 0 Å². The van der Waals surface area contributed by atoms with E-state index in [0.717, 1.165) is 18.0 Å². The standard InChI is InChI=1S/C15H17N5OS/c1-19(8-9-22-2)15-17-13-12(14(21)18-15)10-16-20(13)11-6-4-3-5-7-11/h3-7,10H,8-9H2,1-2H3,(H,17,18,21). The van der Waals surface area contributed by atoms with Crippen molar-refractivity contribution in [3.8, 4) is 5.69 Å². The fraction of sp³-hybridized carbons (Fsp3) is 0.267. The van der Waals surface area contributed by atoms with E-state index in [4.69, 9.17) is 0 Å². The number of aromatic nitrogens is 4. The Labute approximate surface area is 132 Å². The van der Waals surface area contributed by atoms with E-state index >= 15 is 0 Å². The molecule has 22 heavy (non-hydrogen) atoms. The molecule has 1 N–H and O–H groups in total. The fourth-order valence-electron chi connectivity index (χ4n) is 2.18. The molecule has 0 unspecified atom stereocenters. The first kappa shape index (κ1) is 14.6. The van der Waals surface area contributed by atoms with E-state index in [1.165, 1.54) is 0 Å². The quantitative estimate of drug-likeness (QED) is 0.779. The first-order valence-electron chi connectivity index (χ1n) is 6.94. The van der Waals surface area contributed by atoms with Gasteiger partial charge in [-0.3, -0.25) is 9.78 Å². The molecule has 1 aromatic carbocycles. The molecule has 0 saturated carbocycles. The summed E-state index contributed by atoms with van der Waals surface area (Å²) < 4.78 is 1.69. The Kier molecular flexibility index (Phi) is 4.15. The van der Waals surface area contributed by atoms with Gasteiger partial charge in [-0.2, -0.15) is 21.8 Å². The summed E-state index contributed by atoms with van der Waals surface area (Å²) in [6.07, 6.45) is 3.61. The maximum absolute atomic E-state index is 12.2. The van der Waals surface area contributed by atoms with Crippen LogP contribution in [0.5, 0.6) is 0 Å². The minimum atomic E-state index is -0.168. The van der Waals surface area contributed by atoms with Crippen LogP contribution in [0.3, 0.4) is 0 Å². The molecule has 0 aliphatic heterocycles. The summed E-state index contributed by atoms with van der Waals surface area (Å²) in [5.74, 6) is 1.53. The summed E-state index contributed by atoms with van der Waals surface area (Å²) in [5.41, 5.74) is 1.28. The molecular formula is C15H17N5OS. The van der Waals surface area contributed by atoms with Crippen molar-refractivity contribution in [1.29, 1.82) is 0 Å². The zero-order chi connectivity index (χ0) is 15.5. The fourth-order valence-corrected chi connectivity index (χ4v) is 2.64. The van der Waals surface area contributed by atoms with Crippen LogP contribution in [0, 0.1) is 0 Å². The van der Waals surface area contributed by atoms with Crippen molar-refractivity contribution in [2.75, 3.05) is 30.5 Å². The number of nitrogens with one attached hydrogen (secondary N) is 1. The van der Waals surface area contributed by atoms with E-state index in [1.54, 1.807) is 22.6 Å². The van der Waals surface area contributed by atoms with Gasteiger partial charge < -0.3 is 4.90 Å². The van der Waals surface area contributed by atoms with Crippen LogP contribution in [0.2, 0.25) is 0 Å². The molecule has 0 bridgehead atoms. The van der Waals surface area contributed by atoms with Gasteiger partial charge in [0.2, 0.25) is 5.95 Å². The molecule has 6 nitrogen and oxygen atoms in total. The summed E-state index contributed by atoms with van der Waals surface area (Å²) in [4.78, 5) is 21.6. The molecular weight excluding hydrogens is 298 g/mol. The van der Waals surface area contributed by atoms with Crippen molar-refractivity contribution in [3.05, 3.63) is 46.9 Å². The number of benzene rings is 1. The zero-order valence-corrected chi connectivity index (χ0v) is 13.3. The molecule has 0 aliphatic carbocycles. The largest absolute Gasteiger partial charge is 0.345 e. The first-order valence-corrected chi connectivity index (χ1v) is 8.33. The van der Waals surface area contributed by atoms with Gasteiger partial charge in [-0.05, 0) is 18.4 Å². The second kappa shape index (κ2) is 6.23. The van der Waals surface area contributed by atoms with Crippen LogP contribution in [-0.2, 0) is 0 Å². The number of aromatic amines is 1. The molecule has 0 amide bonds. The number of H-pyrrole nitrogens is 1. The van der Waals surface area contributed by atoms with Crippen LogP contribution in [0.15, 0.2) is 41.3 Å². The summed E-state index contributed by atoms with van der Waals surface area (Å²) in [6, 6.07) is 9.68. The van der Waals surface area contributed by atoms with E-state index in [-0.39, 0.29) is 5.56 Å². The van der Waals surface area contributed by atoms with Crippen molar-refractivity contribution in [2.45, 2.75) is 0 Å². The molecule has 0 radical (unpaired) electrons. The molecule has 0 aliphatic rings.